The van der Waals surface area contributed by atoms with Gasteiger partial charge in [0, 0.05) is 31.0 Å². The van der Waals surface area contributed by atoms with E-state index in [-0.39, 0.29) is 12.0 Å². The summed E-state index contributed by atoms with van der Waals surface area (Å²) in [4.78, 5) is 19.0. The van der Waals surface area contributed by atoms with Crippen LogP contribution in [-0.2, 0) is 4.79 Å². The molecular formula is C19H22N3O2. The zero-order chi connectivity index (χ0) is 16.7. The Kier molecular flexibility index (Phi) is 3.98. The van der Waals surface area contributed by atoms with E-state index < -0.39 is 6.23 Å². The van der Waals surface area contributed by atoms with Crippen molar-refractivity contribution in [1.29, 1.82) is 0 Å². The van der Waals surface area contributed by atoms with Gasteiger partial charge in [0.2, 0.25) is 0 Å². The average Bonchev–Trinajstić information content (AvgIpc) is 3.18. The predicted molar refractivity (Wildman–Crippen MR) is 91.1 cm³/mol. The van der Waals surface area contributed by atoms with Crippen LogP contribution in [0.3, 0.4) is 0 Å². The third kappa shape index (κ3) is 2.58. The first kappa shape index (κ1) is 15.5. The first-order valence-corrected chi connectivity index (χ1v) is 8.54. The number of nitrogens with zero attached hydrogens (tertiary/aromatic N) is 3. The second kappa shape index (κ2) is 6.15. The van der Waals surface area contributed by atoms with Crippen molar-refractivity contribution in [2.45, 2.75) is 31.5 Å². The number of piperidine rings is 1. The summed E-state index contributed by atoms with van der Waals surface area (Å²) in [6.45, 7) is 5.12. The van der Waals surface area contributed by atoms with Crippen molar-refractivity contribution < 1.29 is 9.90 Å². The van der Waals surface area contributed by atoms with Gasteiger partial charge in [0.15, 0.2) is 0 Å². The molecule has 2 atom stereocenters. The summed E-state index contributed by atoms with van der Waals surface area (Å²) in [6, 6.07) is 8.33. The van der Waals surface area contributed by atoms with Crippen molar-refractivity contribution in [1.82, 2.24) is 14.5 Å². The molecule has 5 nitrogen and oxygen atoms in total. The number of hydrogen-bond donors (Lipinski definition) is 1. The van der Waals surface area contributed by atoms with Crippen LogP contribution in [0.2, 0.25) is 0 Å². The van der Waals surface area contributed by atoms with Crippen LogP contribution in [-0.4, -0.2) is 44.7 Å². The zero-order valence-electron chi connectivity index (χ0n) is 13.6. The van der Waals surface area contributed by atoms with Crippen molar-refractivity contribution in [3.63, 3.8) is 0 Å². The molecule has 2 aromatic rings. The Morgan fingerprint density at radius 1 is 1.33 bits per heavy atom. The lowest BCUT2D eigenvalue weighted by molar-refractivity contribution is -0.125. The Balaban J connectivity index is 1.49. The van der Waals surface area contributed by atoms with Gasteiger partial charge in [-0.2, -0.15) is 0 Å². The minimum Gasteiger partial charge on any atom is -0.378 e. The Hall–Kier alpha value is -1.98. The van der Waals surface area contributed by atoms with E-state index in [2.05, 4.69) is 28.6 Å². The Labute approximate surface area is 141 Å². The fourth-order valence-corrected chi connectivity index (χ4v) is 4.02. The van der Waals surface area contributed by atoms with Crippen LogP contribution in [0.5, 0.6) is 0 Å². The monoisotopic (exact) mass is 324 g/mol. The number of benzene rings is 1. The fraction of sp³-hybridized carbons (Fsp3) is 0.421. The summed E-state index contributed by atoms with van der Waals surface area (Å²) in [5.74, 6) is 0.397. The first-order valence-electron chi connectivity index (χ1n) is 8.54. The molecule has 2 unspecified atom stereocenters. The average molecular weight is 324 g/mol. The van der Waals surface area contributed by atoms with Gasteiger partial charge in [-0.15, -0.1) is 0 Å². The van der Waals surface area contributed by atoms with Gasteiger partial charge < -0.3 is 9.67 Å². The second-order valence-electron chi connectivity index (χ2n) is 6.75. The lowest BCUT2D eigenvalue weighted by Gasteiger charge is -2.33. The molecule has 1 radical (unpaired) electrons. The largest absolute Gasteiger partial charge is 0.378 e. The van der Waals surface area contributed by atoms with Gasteiger partial charge in [-0.1, -0.05) is 24.3 Å². The van der Waals surface area contributed by atoms with Crippen LogP contribution >= 0.6 is 0 Å². The third-order valence-corrected chi connectivity index (χ3v) is 5.40. The minimum atomic E-state index is -0.670. The molecule has 0 bridgehead atoms. The number of carbonyl (C=O) groups excluding carboxylic acids is 1. The van der Waals surface area contributed by atoms with Crippen molar-refractivity contribution in [3.8, 4) is 11.3 Å². The number of imidazole rings is 1. The van der Waals surface area contributed by atoms with E-state index in [4.69, 9.17) is 0 Å². The summed E-state index contributed by atoms with van der Waals surface area (Å²) in [5.41, 5.74) is 3.50. The van der Waals surface area contributed by atoms with Crippen LogP contribution in [0.1, 0.15) is 30.9 Å². The summed E-state index contributed by atoms with van der Waals surface area (Å²) in [6.07, 6.45) is 5.15. The number of hydrogen-bond acceptors (Lipinski definition) is 4. The van der Waals surface area contributed by atoms with Crippen LogP contribution in [0.25, 0.3) is 11.3 Å². The number of aliphatic hydroxyl groups excluding tert-OH is 1. The van der Waals surface area contributed by atoms with E-state index in [1.165, 1.54) is 11.1 Å². The maximum atomic E-state index is 12.8. The van der Waals surface area contributed by atoms with Gasteiger partial charge in [0.1, 0.15) is 12.0 Å². The molecule has 2 aliphatic rings. The molecule has 4 rings (SSSR count). The molecule has 0 spiro atoms. The molecule has 3 heterocycles. The Morgan fingerprint density at radius 2 is 2.08 bits per heavy atom. The second-order valence-corrected chi connectivity index (χ2v) is 6.75. The minimum absolute atomic E-state index is 0.0580. The molecule has 24 heavy (non-hydrogen) atoms. The number of aliphatic hydroxyl groups is 1. The van der Waals surface area contributed by atoms with Crippen LogP contribution in [0, 0.1) is 12.8 Å². The van der Waals surface area contributed by atoms with Crippen molar-refractivity contribution in [3.05, 3.63) is 49.3 Å². The molecule has 1 fully saturated rings. The molecule has 1 aromatic carbocycles. The number of aromatic nitrogens is 2. The number of carbonyl (C=O) groups is 1. The van der Waals surface area contributed by atoms with E-state index in [9.17, 15) is 9.90 Å². The maximum absolute atomic E-state index is 12.8. The number of ketones is 1. The van der Waals surface area contributed by atoms with E-state index in [0.717, 1.165) is 31.6 Å². The smallest absolute Gasteiger partial charge is 0.138 e. The summed E-state index contributed by atoms with van der Waals surface area (Å²) < 4.78 is 2.12. The van der Waals surface area contributed by atoms with Crippen LogP contribution in [0.4, 0.5) is 0 Å². The van der Waals surface area contributed by atoms with Gasteiger partial charge in [0.05, 0.1) is 24.3 Å². The van der Waals surface area contributed by atoms with Gasteiger partial charge in [-0.25, -0.2) is 4.98 Å². The highest BCUT2D eigenvalue weighted by Gasteiger charge is 2.33. The van der Waals surface area contributed by atoms with Gasteiger partial charge in [-0.3, -0.25) is 9.69 Å². The van der Waals surface area contributed by atoms with E-state index in [1.54, 1.807) is 0 Å². The molecule has 2 aliphatic heterocycles. The predicted octanol–water partition coefficient (Wildman–Crippen LogP) is 2.28. The number of fused-ring (bicyclic) bond motifs is 3. The molecule has 1 N–H and O–H groups in total. The normalized spacial score (nSPS) is 22.2. The summed E-state index contributed by atoms with van der Waals surface area (Å²) >= 11 is 0. The fourth-order valence-electron chi connectivity index (χ4n) is 4.02. The molecule has 1 aromatic heterocycles. The highest BCUT2D eigenvalue weighted by molar-refractivity contribution is 5.83. The van der Waals surface area contributed by atoms with Gasteiger partial charge in [0.25, 0.3) is 0 Å². The molecule has 0 saturated carbocycles. The molecule has 125 valence electrons. The SMILES string of the molecule is [CH2]C(O)N1CCC(C(=O)CC2c3ccccc3-c3cncn32)CC1. The lowest BCUT2D eigenvalue weighted by atomic mass is 9.87. The van der Waals surface area contributed by atoms with Crippen molar-refractivity contribution in [2.24, 2.45) is 5.92 Å². The van der Waals surface area contributed by atoms with Crippen LogP contribution < -0.4 is 0 Å². The maximum Gasteiger partial charge on any atom is 0.138 e. The van der Waals surface area contributed by atoms with Gasteiger partial charge in [-0.05, 0) is 25.3 Å². The molecule has 0 aliphatic carbocycles. The number of Topliss-reactive ketones (excluding diaryl/α,β-unsaturated/α-hetero) is 1. The van der Waals surface area contributed by atoms with E-state index in [1.807, 2.05) is 29.6 Å². The van der Waals surface area contributed by atoms with Crippen molar-refractivity contribution in [2.75, 3.05) is 13.1 Å². The Morgan fingerprint density at radius 3 is 2.83 bits per heavy atom. The summed E-state index contributed by atoms with van der Waals surface area (Å²) in [5, 5.41) is 9.55. The molecular weight excluding hydrogens is 302 g/mol. The number of rotatable bonds is 4. The third-order valence-electron chi connectivity index (χ3n) is 5.40. The van der Waals surface area contributed by atoms with E-state index in [0.29, 0.717) is 12.2 Å². The quantitative estimate of drug-likeness (QED) is 0.937. The zero-order valence-corrected chi connectivity index (χ0v) is 13.6. The molecule has 0 amide bonds. The van der Waals surface area contributed by atoms with Gasteiger partial charge >= 0.3 is 0 Å². The standard InChI is InChI=1S/C19H22N3O2/c1-13(23)21-8-6-14(7-9-21)19(24)10-17-15-4-2-3-5-16(15)18-11-20-12-22(17)18/h2-5,11-14,17,23H,1,6-10H2. The topological polar surface area (TPSA) is 58.4 Å². The van der Waals surface area contributed by atoms with E-state index >= 15 is 0 Å². The highest BCUT2D eigenvalue weighted by Crippen LogP contribution is 2.41. The van der Waals surface area contributed by atoms with Crippen molar-refractivity contribution >= 4 is 5.78 Å². The summed E-state index contributed by atoms with van der Waals surface area (Å²) in [7, 11) is 0. The Bertz CT molecular complexity index is 745. The lowest BCUT2D eigenvalue weighted by Crippen LogP contribution is -2.41. The molecule has 1 saturated heterocycles. The first-order chi connectivity index (χ1) is 11.6. The number of likely N-dealkylation sites (tertiary alicyclic amines) is 1. The molecule has 5 heteroatoms. The highest BCUT2D eigenvalue weighted by atomic mass is 16.3. The van der Waals surface area contributed by atoms with Crippen LogP contribution in [0.15, 0.2) is 36.8 Å².